The van der Waals surface area contributed by atoms with Gasteiger partial charge in [-0.1, -0.05) is 30.3 Å². The van der Waals surface area contributed by atoms with Crippen LogP contribution in [0.25, 0.3) is 5.76 Å². The predicted octanol–water partition coefficient (Wildman–Crippen LogP) is 1.79. The van der Waals surface area contributed by atoms with Gasteiger partial charge in [-0.2, -0.15) is 5.10 Å². The topological polar surface area (TPSA) is 87.9 Å². The molecule has 1 unspecified atom stereocenters. The molecule has 164 valence electrons. The molecule has 1 amide bonds. The lowest BCUT2D eigenvalue weighted by atomic mass is 9.95. The number of ether oxygens (including phenoxy) is 1. The number of nitrogens with zero attached hydrogens (tertiary/aromatic N) is 4. The zero-order valence-corrected chi connectivity index (χ0v) is 18.2. The van der Waals surface area contributed by atoms with E-state index in [1.807, 2.05) is 37.3 Å². The van der Waals surface area contributed by atoms with Gasteiger partial charge in [0.15, 0.2) is 0 Å². The van der Waals surface area contributed by atoms with Crippen LogP contribution in [0, 0.1) is 13.8 Å². The van der Waals surface area contributed by atoms with Crippen molar-refractivity contribution in [3.8, 4) is 0 Å². The monoisotopic (exact) mass is 424 g/mol. The molecule has 2 fully saturated rings. The van der Waals surface area contributed by atoms with Gasteiger partial charge in [-0.25, -0.2) is 0 Å². The van der Waals surface area contributed by atoms with Crippen LogP contribution in [0.15, 0.2) is 35.9 Å². The SMILES string of the molecule is Cc1nn(C)c(C)c1C(O)=C1C(=O)C(=O)N(CCN2CCOCC2)C1c1ccccc1. The molecule has 1 aromatic carbocycles. The van der Waals surface area contributed by atoms with Crippen LogP contribution in [0.4, 0.5) is 0 Å². The number of hydrogen-bond acceptors (Lipinski definition) is 6. The molecule has 1 atom stereocenters. The number of carbonyl (C=O) groups excluding carboxylic acids is 2. The fraction of sp³-hybridized carbons (Fsp3) is 0.435. The van der Waals surface area contributed by atoms with Crippen molar-refractivity contribution >= 4 is 17.4 Å². The molecule has 1 N–H and O–H groups in total. The Bertz CT molecular complexity index is 1020. The smallest absolute Gasteiger partial charge is 0.295 e. The summed E-state index contributed by atoms with van der Waals surface area (Å²) in [5.74, 6) is -1.40. The lowest BCUT2D eigenvalue weighted by Crippen LogP contribution is -2.42. The highest BCUT2D eigenvalue weighted by atomic mass is 16.5. The molecule has 0 aliphatic carbocycles. The number of ketones is 1. The van der Waals surface area contributed by atoms with E-state index in [1.54, 1.807) is 23.6 Å². The van der Waals surface area contributed by atoms with Crippen LogP contribution in [0.3, 0.4) is 0 Å². The summed E-state index contributed by atoms with van der Waals surface area (Å²) in [6.07, 6.45) is 0. The highest BCUT2D eigenvalue weighted by molar-refractivity contribution is 6.46. The number of amides is 1. The summed E-state index contributed by atoms with van der Waals surface area (Å²) in [6.45, 7) is 7.59. The Morgan fingerprint density at radius 3 is 2.42 bits per heavy atom. The average Bonchev–Trinajstić information content (AvgIpc) is 3.18. The summed E-state index contributed by atoms with van der Waals surface area (Å²) in [6, 6.07) is 8.76. The van der Waals surface area contributed by atoms with Gasteiger partial charge in [-0.15, -0.1) is 0 Å². The number of benzene rings is 1. The predicted molar refractivity (Wildman–Crippen MR) is 115 cm³/mol. The number of morpholine rings is 1. The standard InChI is InChI=1S/C23H28N4O4/c1-15-18(16(2)25(3)24-15)21(28)19-20(17-7-5-4-6-8-17)27(23(30)22(19)29)10-9-26-11-13-31-14-12-26/h4-8,20,28H,9-14H2,1-3H3. The van der Waals surface area contributed by atoms with E-state index in [1.165, 1.54) is 0 Å². The normalized spacial score (nSPS) is 21.8. The van der Waals surface area contributed by atoms with Crippen molar-refractivity contribution in [2.75, 3.05) is 39.4 Å². The number of aliphatic hydroxyl groups is 1. The van der Waals surface area contributed by atoms with E-state index in [0.717, 1.165) is 24.3 Å². The third kappa shape index (κ3) is 3.88. The van der Waals surface area contributed by atoms with Crippen molar-refractivity contribution < 1.29 is 19.4 Å². The summed E-state index contributed by atoms with van der Waals surface area (Å²) < 4.78 is 7.06. The van der Waals surface area contributed by atoms with Gasteiger partial charge < -0.3 is 14.7 Å². The van der Waals surface area contributed by atoms with Crippen LogP contribution >= 0.6 is 0 Å². The number of aromatic nitrogens is 2. The first kappa shape index (κ1) is 21.3. The summed E-state index contributed by atoms with van der Waals surface area (Å²) >= 11 is 0. The summed E-state index contributed by atoms with van der Waals surface area (Å²) in [4.78, 5) is 30.0. The number of aliphatic hydroxyl groups excluding tert-OH is 1. The van der Waals surface area contributed by atoms with E-state index in [4.69, 9.17) is 4.74 Å². The maximum Gasteiger partial charge on any atom is 0.295 e. The highest BCUT2D eigenvalue weighted by Crippen LogP contribution is 2.40. The molecular formula is C23H28N4O4. The third-order valence-corrected chi connectivity index (χ3v) is 6.16. The lowest BCUT2D eigenvalue weighted by molar-refractivity contribution is -0.140. The van der Waals surface area contributed by atoms with E-state index < -0.39 is 17.7 Å². The van der Waals surface area contributed by atoms with Crippen molar-refractivity contribution in [3.63, 3.8) is 0 Å². The fourth-order valence-electron chi connectivity index (χ4n) is 4.42. The van der Waals surface area contributed by atoms with Crippen LogP contribution < -0.4 is 0 Å². The Labute approximate surface area is 181 Å². The molecule has 0 radical (unpaired) electrons. The van der Waals surface area contributed by atoms with Gasteiger partial charge in [0.05, 0.1) is 36.1 Å². The maximum atomic E-state index is 13.1. The van der Waals surface area contributed by atoms with Crippen LogP contribution in [-0.4, -0.2) is 75.8 Å². The molecule has 0 saturated carbocycles. The second kappa shape index (κ2) is 8.64. The molecular weight excluding hydrogens is 396 g/mol. The molecule has 2 aliphatic heterocycles. The molecule has 8 heteroatoms. The summed E-state index contributed by atoms with van der Waals surface area (Å²) in [7, 11) is 1.79. The number of carbonyl (C=O) groups is 2. The Morgan fingerprint density at radius 2 is 1.81 bits per heavy atom. The molecule has 2 aliphatic rings. The molecule has 8 nitrogen and oxygen atoms in total. The van der Waals surface area contributed by atoms with E-state index >= 15 is 0 Å². The van der Waals surface area contributed by atoms with Gasteiger partial charge in [0, 0.05) is 38.9 Å². The van der Waals surface area contributed by atoms with Gasteiger partial charge in [-0.3, -0.25) is 19.2 Å². The second-order valence-corrected chi connectivity index (χ2v) is 8.03. The largest absolute Gasteiger partial charge is 0.507 e. The van der Waals surface area contributed by atoms with Crippen LogP contribution in [0.5, 0.6) is 0 Å². The lowest BCUT2D eigenvalue weighted by Gasteiger charge is -2.31. The number of likely N-dealkylation sites (tertiary alicyclic amines) is 1. The Balaban J connectivity index is 1.76. The zero-order valence-electron chi connectivity index (χ0n) is 18.2. The van der Waals surface area contributed by atoms with Gasteiger partial charge in [-0.05, 0) is 19.4 Å². The van der Waals surface area contributed by atoms with Crippen LogP contribution in [0.1, 0.15) is 28.6 Å². The first-order chi connectivity index (χ1) is 14.9. The van der Waals surface area contributed by atoms with E-state index in [0.29, 0.717) is 37.6 Å². The number of rotatable bonds is 5. The van der Waals surface area contributed by atoms with E-state index in [2.05, 4.69) is 10.00 Å². The minimum Gasteiger partial charge on any atom is -0.507 e. The van der Waals surface area contributed by atoms with Crippen molar-refractivity contribution in [2.24, 2.45) is 7.05 Å². The summed E-state index contributed by atoms with van der Waals surface area (Å²) in [5, 5.41) is 15.6. The van der Waals surface area contributed by atoms with Gasteiger partial charge in [0.2, 0.25) is 0 Å². The fourth-order valence-corrected chi connectivity index (χ4v) is 4.42. The van der Waals surface area contributed by atoms with Crippen LogP contribution in [0.2, 0.25) is 0 Å². The van der Waals surface area contributed by atoms with Crippen molar-refractivity contribution in [1.29, 1.82) is 0 Å². The average molecular weight is 425 g/mol. The van der Waals surface area contributed by atoms with Crippen molar-refractivity contribution in [3.05, 3.63) is 58.4 Å². The molecule has 3 heterocycles. The van der Waals surface area contributed by atoms with Gasteiger partial charge in [0.1, 0.15) is 5.76 Å². The first-order valence-electron chi connectivity index (χ1n) is 10.5. The molecule has 0 spiro atoms. The highest BCUT2D eigenvalue weighted by Gasteiger charge is 2.46. The molecule has 2 aromatic rings. The number of aryl methyl sites for hydroxylation is 2. The molecule has 4 rings (SSSR count). The second-order valence-electron chi connectivity index (χ2n) is 8.03. The minimum atomic E-state index is -0.656. The van der Waals surface area contributed by atoms with Crippen LogP contribution in [-0.2, 0) is 21.4 Å². The first-order valence-corrected chi connectivity index (χ1v) is 10.5. The van der Waals surface area contributed by atoms with Gasteiger partial charge in [0.25, 0.3) is 11.7 Å². The molecule has 0 bridgehead atoms. The number of hydrogen-bond donors (Lipinski definition) is 1. The Hall–Kier alpha value is -2.97. The quantitative estimate of drug-likeness (QED) is 0.447. The molecule has 1 aromatic heterocycles. The Kier molecular flexibility index (Phi) is 5.93. The van der Waals surface area contributed by atoms with Gasteiger partial charge >= 0.3 is 0 Å². The zero-order chi connectivity index (χ0) is 22.1. The van der Waals surface area contributed by atoms with Crippen molar-refractivity contribution in [2.45, 2.75) is 19.9 Å². The minimum absolute atomic E-state index is 0.123. The third-order valence-electron chi connectivity index (χ3n) is 6.16. The summed E-state index contributed by atoms with van der Waals surface area (Å²) in [5.41, 5.74) is 2.78. The van der Waals surface area contributed by atoms with E-state index in [-0.39, 0.29) is 11.3 Å². The maximum absolute atomic E-state index is 13.1. The van der Waals surface area contributed by atoms with E-state index in [9.17, 15) is 14.7 Å². The number of Topliss-reactive ketones (excluding diaryl/α,β-unsaturated/α-hetero) is 1. The van der Waals surface area contributed by atoms with Crippen molar-refractivity contribution in [1.82, 2.24) is 19.6 Å². The molecule has 31 heavy (non-hydrogen) atoms. The molecule has 2 saturated heterocycles. The Morgan fingerprint density at radius 1 is 1.13 bits per heavy atom.